The molecule has 0 aromatic heterocycles. The number of rotatable bonds is 8. The summed E-state index contributed by atoms with van der Waals surface area (Å²) in [6.45, 7) is 0. The molecule has 0 spiro atoms. The van der Waals surface area contributed by atoms with Gasteiger partial charge in [0.25, 0.3) is 5.91 Å². The molecule has 4 rings (SSSR count). The molecule has 0 aliphatic carbocycles. The molecule has 0 fully saturated rings. The van der Waals surface area contributed by atoms with Crippen molar-refractivity contribution < 1.29 is 19.1 Å². The van der Waals surface area contributed by atoms with Crippen molar-refractivity contribution >= 4 is 39.3 Å². The number of esters is 1. The van der Waals surface area contributed by atoms with Crippen LogP contribution in [0.25, 0.3) is 0 Å². The number of carbonyl (C=O) groups excluding carboxylic acids is 3. The minimum Gasteiger partial charge on any atom is -0.449 e. The number of anilines is 1. The van der Waals surface area contributed by atoms with Crippen molar-refractivity contribution in [1.29, 1.82) is 0 Å². The Kier molecular flexibility index (Phi) is 7.85. The Hall–Kier alpha value is -4.03. The van der Waals surface area contributed by atoms with Crippen molar-refractivity contribution in [1.82, 2.24) is 0 Å². The van der Waals surface area contributed by atoms with Crippen molar-refractivity contribution in [3.05, 3.63) is 138 Å². The van der Waals surface area contributed by atoms with Crippen LogP contribution in [0.15, 0.2) is 115 Å². The number of ether oxygens (including phenoxy) is 1. The molecule has 1 amide bonds. The first-order valence-electron chi connectivity index (χ1n) is 11.0. The van der Waals surface area contributed by atoms with Crippen LogP contribution in [0.1, 0.15) is 41.5 Å². The fourth-order valence-electron chi connectivity index (χ4n) is 3.49. The summed E-state index contributed by atoms with van der Waals surface area (Å²) >= 11 is 3.57. The lowest BCUT2D eigenvalue weighted by molar-refractivity contribution is 0.0282. The van der Waals surface area contributed by atoms with Crippen molar-refractivity contribution in [3.63, 3.8) is 0 Å². The van der Waals surface area contributed by atoms with E-state index in [1.165, 1.54) is 0 Å². The van der Waals surface area contributed by atoms with Gasteiger partial charge in [0.2, 0.25) is 5.78 Å². The third-order valence-corrected chi connectivity index (χ3v) is 6.36. The van der Waals surface area contributed by atoms with Crippen molar-refractivity contribution in [2.45, 2.75) is 10.9 Å². The van der Waals surface area contributed by atoms with Crippen LogP contribution in [-0.4, -0.2) is 23.8 Å². The zero-order valence-corrected chi connectivity index (χ0v) is 20.2. The monoisotopic (exact) mass is 527 g/mol. The molecule has 5 nitrogen and oxygen atoms in total. The Labute approximate surface area is 211 Å². The van der Waals surface area contributed by atoms with E-state index >= 15 is 0 Å². The average molecular weight is 528 g/mol. The van der Waals surface area contributed by atoms with Gasteiger partial charge < -0.3 is 10.1 Å². The largest absolute Gasteiger partial charge is 0.449 e. The van der Waals surface area contributed by atoms with Crippen LogP contribution in [0.4, 0.5) is 5.69 Å². The van der Waals surface area contributed by atoms with Gasteiger partial charge in [0, 0.05) is 16.8 Å². The predicted molar refractivity (Wildman–Crippen MR) is 139 cm³/mol. The van der Waals surface area contributed by atoms with Gasteiger partial charge in [-0.15, -0.1) is 0 Å². The SMILES string of the molecule is O=C(Nc1ccc(C(=O)O[C@@H](C(=O)c2ccccc2)[C@@H](Br)c2ccccc2)cc1)c1ccccc1. The Bertz CT molecular complexity index is 1290. The van der Waals surface area contributed by atoms with E-state index in [4.69, 9.17) is 4.74 Å². The van der Waals surface area contributed by atoms with Crippen LogP contribution in [0, 0.1) is 0 Å². The first-order chi connectivity index (χ1) is 17.0. The second kappa shape index (κ2) is 11.4. The third-order valence-electron chi connectivity index (χ3n) is 5.35. The Morgan fingerprint density at radius 3 is 1.71 bits per heavy atom. The molecule has 0 aliphatic heterocycles. The van der Waals surface area contributed by atoms with E-state index in [9.17, 15) is 14.4 Å². The first kappa shape index (κ1) is 24.1. The van der Waals surface area contributed by atoms with Gasteiger partial charge in [0.1, 0.15) is 0 Å². The summed E-state index contributed by atoms with van der Waals surface area (Å²) in [6.07, 6.45) is -1.08. The van der Waals surface area contributed by atoms with E-state index < -0.39 is 16.9 Å². The molecule has 0 saturated carbocycles. The fraction of sp³-hybridized carbons (Fsp3) is 0.0690. The van der Waals surface area contributed by atoms with E-state index in [1.807, 2.05) is 42.5 Å². The summed E-state index contributed by atoms with van der Waals surface area (Å²) in [5, 5.41) is 2.79. The molecule has 4 aromatic rings. The van der Waals surface area contributed by atoms with Gasteiger partial charge in [-0.2, -0.15) is 0 Å². The van der Waals surface area contributed by atoms with Crippen LogP contribution in [0.2, 0.25) is 0 Å². The molecule has 0 saturated heterocycles. The minimum atomic E-state index is -1.08. The Morgan fingerprint density at radius 2 is 1.14 bits per heavy atom. The number of ketones is 1. The van der Waals surface area contributed by atoms with Crippen molar-refractivity contribution in [2.24, 2.45) is 0 Å². The Balaban J connectivity index is 1.51. The van der Waals surface area contributed by atoms with Gasteiger partial charge in [0.05, 0.1) is 10.4 Å². The van der Waals surface area contributed by atoms with E-state index in [0.29, 0.717) is 16.8 Å². The van der Waals surface area contributed by atoms with E-state index in [2.05, 4.69) is 21.2 Å². The molecule has 0 radical (unpaired) electrons. The van der Waals surface area contributed by atoms with Crippen molar-refractivity contribution in [2.75, 3.05) is 5.32 Å². The number of Topliss-reactive ketones (excluding diaryl/α,β-unsaturated/α-hetero) is 1. The maximum absolute atomic E-state index is 13.3. The van der Waals surface area contributed by atoms with Crippen LogP contribution >= 0.6 is 15.9 Å². The van der Waals surface area contributed by atoms with E-state index in [1.54, 1.807) is 72.8 Å². The summed E-state index contributed by atoms with van der Waals surface area (Å²) in [4.78, 5) is 38.1. The van der Waals surface area contributed by atoms with Gasteiger partial charge in [-0.05, 0) is 42.0 Å². The summed E-state index contributed by atoms with van der Waals surface area (Å²) in [5.41, 5.74) is 2.59. The smallest absolute Gasteiger partial charge is 0.338 e. The molecule has 174 valence electrons. The highest BCUT2D eigenvalue weighted by Gasteiger charge is 2.32. The van der Waals surface area contributed by atoms with Crippen molar-refractivity contribution in [3.8, 4) is 0 Å². The highest BCUT2D eigenvalue weighted by Crippen LogP contribution is 2.31. The van der Waals surface area contributed by atoms with Crippen LogP contribution in [0.3, 0.4) is 0 Å². The molecule has 35 heavy (non-hydrogen) atoms. The second-order valence-electron chi connectivity index (χ2n) is 7.77. The van der Waals surface area contributed by atoms with Gasteiger partial charge in [-0.1, -0.05) is 94.8 Å². The van der Waals surface area contributed by atoms with Crippen LogP contribution in [0.5, 0.6) is 0 Å². The molecule has 0 aliphatic rings. The second-order valence-corrected chi connectivity index (χ2v) is 8.75. The standard InChI is InChI=1S/C29H22BrNO4/c30-25(20-10-4-1-5-11-20)27(26(32)21-12-6-2-7-13-21)35-29(34)23-16-18-24(19-17-23)31-28(33)22-14-8-3-9-15-22/h1-19,25,27H,(H,31,33)/t25-,27+/m0/s1. The van der Waals surface area contributed by atoms with E-state index in [0.717, 1.165) is 5.56 Å². The number of nitrogens with one attached hydrogen (secondary N) is 1. The number of alkyl halides is 1. The number of hydrogen-bond donors (Lipinski definition) is 1. The quantitative estimate of drug-likeness (QED) is 0.161. The lowest BCUT2D eigenvalue weighted by Crippen LogP contribution is -2.31. The third kappa shape index (κ3) is 6.11. The molecular formula is C29H22BrNO4. The molecule has 0 heterocycles. The molecule has 0 bridgehead atoms. The highest BCUT2D eigenvalue weighted by molar-refractivity contribution is 9.09. The summed E-state index contributed by atoms with van der Waals surface area (Å²) in [6, 6.07) is 33.2. The normalized spacial score (nSPS) is 12.3. The van der Waals surface area contributed by atoms with Gasteiger partial charge in [-0.3, -0.25) is 9.59 Å². The fourth-order valence-corrected chi connectivity index (χ4v) is 4.14. The summed E-state index contributed by atoms with van der Waals surface area (Å²) < 4.78 is 5.74. The lowest BCUT2D eigenvalue weighted by atomic mass is 9.99. The Morgan fingerprint density at radius 1 is 0.629 bits per heavy atom. The zero-order valence-electron chi connectivity index (χ0n) is 18.6. The number of halogens is 1. The van der Waals surface area contributed by atoms with E-state index in [-0.39, 0.29) is 17.3 Å². The van der Waals surface area contributed by atoms with Crippen LogP contribution < -0.4 is 5.32 Å². The number of carbonyl (C=O) groups is 3. The summed E-state index contributed by atoms with van der Waals surface area (Å²) in [7, 11) is 0. The lowest BCUT2D eigenvalue weighted by Gasteiger charge is -2.22. The number of benzene rings is 4. The zero-order chi connectivity index (χ0) is 24.6. The van der Waals surface area contributed by atoms with Gasteiger partial charge in [0.15, 0.2) is 6.10 Å². The number of hydrogen-bond acceptors (Lipinski definition) is 4. The molecule has 4 aromatic carbocycles. The van der Waals surface area contributed by atoms with Gasteiger partial charge >= 0.3 is 5.97 Å². The van der Waals surface area contributed by atoms with Gasteiger partial charge in [-0.25, -0.2) is 4.79 Å². The first-order valence-corrected chi connectivity index (χ1v) is 11.9. The molecular weight excluding hydrogens is 506 g/mol. The predicted octanol–water partition coefficient (Wildman–Crippen LogP) is 6.48. The topological polar surface area (TPSA) is 72.5 Å². The minimum absolute atomic E-state index is 0.251. The average Bonchev–Trinajstić information content (AvgIpc) is 2.92. The molecule has 2 atom stereocenters. The molecule has 1 N–H and O–H groups in total. The van der Waals surface area contributed by atoms with Crippen LogP contribution in [-0.2, 0) is 4.74 Å². The highest BCUT2D eigenvalue weighted by atomic mass is 79.9. The maximum atomic E-state index is 13.3. The molecule has 6 heteroatoms. The maximum Gasteiger partial charge on any atom is 0.338 e. The molecule has 0 unspecified atom stereocenters. The summed E-state index contributed by atoms with van der Waals surface area (Å²) in [5.74, 6) is -1.20. The number of amides is 1.